The fraction of sp³-hybridized carbons (Fsp3) is 0.619. The molecule has 0 saturated carbocycles. The first kappa shape index (κ1) is 23.5. The Bertz CT molecular complexity index is 798. The van der Waals surface area contributed by atoms with Gasteiger partial charge in [0.05, 0.1) is 11.4 Å². The van der Waals surface area contributed by atoms with Crippen LogP contribution >= 0.6 is 0 Å². The summed E-state index contributed by atoms with van der Waals surface area (Å²) < 4.78 is 27.1. The van der Waals surface area contributed by atoms with Gasteiger partial charge in [0.25, 0.3) is 0 Å². The highest BCUT2D eigenvalue weighted by Gasteiger charge is 2.29. The van der Waals surface area contributed by atoms with Crippen LogP contribution in [0.5, 0.6) is 0 Å². The number of carbonyl (C=O) groups is 2. The van der Waals surface area contributed by atoms with E-state index in [0.717, 1.165) is 12.8 Å². The Labute approximate surface area is 174 Å². The van der Waals surface area contributed by atoms with Gasteiger partial charge in [-0.25, -0.2) is 8.42 Å². The Balaban J connectivity index is 1.84. The fourth-order valence-corrected chi connectivity index (χ4v) is 4.74. The molecule has 1 amide bonds. The molecule has 0 aliphatic carbocycles. The molecule has 0 radical (unpaired) electrons. The van der Waals surface area contributed by atoms with Crippen LogP contribution in [0.1, 0.15) is 50.9 Å². The summed E-state index contributed by atoms with van der Waals surface area (Å²) in [6.45, 7) is 9.79. The minimum absolute atomic E-state index is 0.0163. The van der Waals surface area contributed by atoms with Crippen molar-refractivity contribution in [3.63, 3.8) is 0 Å². The summed E-state index contributed by atoms with van der Waals surface area (Å²) in [4.78, 5) is 25.8. The molecule has 0 aromatic heterocycles. The molecule has 162 valence electrons. The van der Waals surface area contributed by atoms with E-state index in [9.17, 15) is 18.0 Å². The summed E-state index contributed by atoms with van der Waals surface area (Å²) >= 11 is 0. The average molecular weight is 424 g/mol. The summed E-state index contributed by atoms with van der Waals surface area (Å²) in [5, 5.41) is 3.02. The highest BCUT2D eigenvalue weighted by atomic mass is 32.2. The zero-order valence-corrected chi connectivity index (χ0v) is 18.7. The maximum absolute atomic E-state index is 12.8. The van der Waals surface area contributed by atoms with E-state index in [0.29, 0.717) is 37.7 Å². The molecular formula is C21H33N3O4S. The predicted molar refractivity (Wildman–Crippen MR) is 113 cm³/mol. The topological polar surface area (TPSA) is 86.8 Å². The van der Waals surface area contributed by atoms with Crippen molar-refractivity contribution in [2.24, 2.45) is 5.92 Å². The minimum atomic E-state index is -3.60. The zero-order valence-electron chi connectivity index (χ0n) is 17.8. The smallest absolute Gasteiger partial charge is 0.243 e. The van der Waals surface area contributed by atoms with E-state index in [1.54, 1.807) is 0 Å². The number of Topliss-reactive ketones (excluding diaryl/α,β-unsaturated/α-hetero) is 1. The van der Waals surface area contributed by atoms with Crippen LogP contribution in [0.15, 0.2) is 29.2 Å². The van der Waals surface area contributed by atoms with E-state index >= 15 is 0 Å². The van der Waals surface area contributed by atoms with Gasteiger partial charge < -0.3 is 5.32 Å². The summed E-state index contributed by atoms with van der Waals surface area (Å²) in [6.07, 6.45) is 2.03. The van der Waals surface area contributed by atoms with E-state index in [1.165, 1.54) is 35.5 Å². The lowest BCUT2D eigenvalue weighted by atomic mass is 10.0. The maximum atomic E-state index is 12.8. The van der Waals surface area contributed by atoms with Gasteiger partial charge >= 0.3 is 0 Å². The quantitative estimate of drug-likeness (QED) is 0.615. The Morgan fingerprint density at radius 2 is 1.59 bits per heavy atom. The molecule has 0 bridgehead atoms. The second-order valence-corrected chi connectivity index (χ2v) is 10.1. The number of nitrogens with one attached hydrogen (secondary N) is 1. The van der Waals surface area contributed by atoms with Crippen molar-refractivity contribution in [3.05, 3.63) is 29.8 Å². The maximum Gasteiger partial charge on any atom is 0.243 e. The molecule has 0 unspecified atom stereocenters. The summed E-state index contributed by atoms with van der Waals surface area (Å²) in [7, 11) is -3.60. The number of rotatable bonds is 9. The van der Waals surface area contributed by atoms with Crippen LogP contribution in [0.25, 0.3) is 0 Å². The van der Waals surface area contributed by atoms with E-state index < -0.39 is 10.0 Å². The van der Waals surface area contributed by atoms with Gasteiger partial charge in [0.2, 0.25) is 15.9 Å². The van der Waals surface area contributed by atoms with E-state index in [2.05, 4.69) is 19.2 Å². The molecule has 0 spiro atoms. The van der Waals surface area contributed by atoms with Gasteiger partial charge in [-0.15, -0.1) is 0 Å². The van der Waals surface area contributed by atoms with Crippen molar-refractivity contribution in [2.45, 2.75) is 51.5 Å². The SMILES string of the molecule is CC(=O)c1ccc(S(=O)(=O)N2CCN(CC(=O)N[C@@H](C)CCC(C)C)CC2)cc1. The van der Waals surface area contributed by atoms with Crippen LogP contribution in [-0.4, -0.2) is 68.1 Å². The van der Waals surface area contributed by atoms with E-state index in [1.807, 2.05) is 11.8 Å². The predicted octanol–water partition coefficient (Wildman–Crippen LogP) is 2.14. The third-order valence-electron chi connectivity index (χ3n) is 5.18. The molecule has 1 aliphatic rings. The van der Waals surface area contributed by atoms with Gasteiger partial charge in [-0.3, -0.25) is 14.5 Å². The van der Waals surface area contributed by atoms with E-state index in [-0.39, 0.29) is 29.2 Å². The van der Waals surface area contributed by atoms with Gasteiger partial charge in [0, 0.05) is 37.8 Å². The third-order valence-corrected chi connectivity index (χ3v) is 7.09. The molecule has 1 saturated heterocycles. The Morgan fingerprint density at radius 3 is 2.10 bits per heavy atom. The largest absolute Gasteiger partial charge is 0.353 e. The molecule has 1 fully saturated rings. The lowest BCUT2D eigenvalue weighted by Crippen LogP contribution is -2.51. The standard InChI is InChI=1S/C21H33N3O4S/c1-16(2)5-6-17(3)22-21(26)15-23-11-13-24(14-12-23)29(27,28)20-9-7-19(8-10-20)18(4)25/h7-10,16-17H,5-6,11-15H2,1-4H3,(H,22,26)/t17-/m0/s1. The van der Waals surface area contributed by atoms with Gasteiger partial charge in [-0.1, -0.05) is 26.0 Å². The number of amides is 1. The minimum Gasteiger partial charge on any atom is -0.353 e. The van der Waals surface area contributed by atoms with E-state index in [4.69, 9.17) is 0 Å². The number of ketones is 1. The number of nitrogens with zero attached hydrogens (tertiary/aromatic N) is 2. The lowest BCUT2D eigenvalue weighted by molar-refractivity contribution is -0.123. The number of hydrogen-bond donors (Lipinski definition) is 1. The van der Waals surface area contributed by atoms with Gasteiger partial charge in [-0.2, -0.15) is 4.31 Å². The summed E-state index contributed by atoms with van der Waals surface area (Å²) in [6, 6.07) is 6.17. The Morgan fingerprint density at radius 1 is 1.00 bits per heavy atom. The first-order chi connectivity index (χ1) is 13.6. The molecule has 1 aliphatic heterocycles. The molecule has 1 aromatic carbocycles. The normalized spacial score (nSPS) is 17.3. The molecule has 1 atom stereocenters. The van der Waals surface area contributed by atoms with Crippen molar-refractivity contribution in [1.82, 2.24) is 14.5 Å². The lowest BCUT2D eigenvalue weighted by Gasteiger charge is -2.33. The Kier molecular flexibility index (Phi) is 8.36. The molecule has 8 heteroatoms. The summed E-state index contributed by atoms with van der Waals surface area (Å²) in [5.74, 6) is 0.500. The molecule has 1 aromatic rings. The molecular weight excluding hydrogens is 390 g/mol. The van der Waals surface area contributed by atoms with Crippen LogP contribution in [0, 0.1) is 5.92 Å². The van der Waals surface area contributed by atoms with Crippen LogP contribution in [0.3, 0.4) is 0 Å². The van der Waals surface area contributed by atoms with Crippen LogP contribution in [0.4, 0.5) is 0 Å². The Hall–Kier alpha value is -1.77. The van der Waals surface area contributed by atoms with Crippen LogP contribution in [0.2, 0.25) is 0 Å². The second kappa shape index (κ2) is 10.3. The highest BCUT2D eigenvalue weighted by Crippen LogP contribution is 2.18. The van der Waals surface area contributed by atoms with Crippen molar-refractivity contribution >= 4 is 21.7 Å². The number of carbonyl (C=O) groups excluding carboxylic acids is 2. The fourth-order valence-electron chi connectivity index (χ4n) is 3.32. The first-order valence-electron chi connectivity index (χ1n) is 10.2. The average Bonchev–Trinajstić information content (AvgIpc) is 2.66. The second-order valence-electron chi connectivity index (χ2n) is 8.20. The summed E-state index contributed by atoms with van der Waals surface area (Å²) in [5.41, 5.74) is 0.488. The van der Waals surface area contributed by atoms with Crippen molar-refractivity contribution in [3.8, 4) is 0 Å². The van der Waals surface area contributed by atoms with Crippen LogP contribution in [-0.2, 0) is 14.8 Å². The molecule has 7 nitrogen and oxygen atoms in total. The number of sulfonamides is 1. The van der Waals surface area contributed by atoms with Crippen LogP contribution < -0.4 is 5.32 Å². The van der Waals surface area contributed by atoms with Gasteiger partial charge in [-0.05, 0) is 44.7 Å². The molecule has 1 heterocycles. The third kappa shape index (κ3) is 6.90. The zero-order chi connectivity index (χ0) is 21.6. The number of benzene rings is 1. The van der Waals surface area contributed by atoms with Gasteiger partial charge in [0.1, 0.15) is 0 Å². The molecule has 1 N–H and O–H groups in total. The molecule has 2 rings (SSSR count). The van der Waals surface area contributed by atoms with Crippen molar-refractivity contribution in [2.75, 3.05) is 32.7 Å². The number of hydrogen-bond acceptors (Lipinski definition) is 5. The van der Waals surface area contributed by atoms with Gasteiger partial charge in [0.15, 0.2) is 5.78 Å². The highest BCUT2D eigenvalue weighted by molar-refractivity contribution is 7.89. The first-order valence-corrected chi connectivity index (χ1v) is 11.7. The van der Waals surface area contributed by atoms with Crippen molar-refractivity contribution in [1.29, 1.82) is 0 Å². The number of piperazine rings is 1. The monoisotopic (exact) mass is 423 g/mol. The molecule has 29 heavy (non-hydrogen) atoms. The van der Waals surface area contributed by atoms with Crippen molar-refractivity contribution < 1.29 is 18.0 Å².